The summed E-state index contributed by atoms with van der Waals surface area (Å²) in [6.07, 6.45) is 1.44. The van der Waals surface area contributed by atoms with E-state index in [4.69, 9.17) is 8.85 Å². The molecule has 0 bridgehead atoms. The second-order valence-electron chi connectivity index (χ2n) is 11.3. The highest BCUT2D eigenvalue weighted by molar-refractivity contribution is 6.74. The minimum atomic E-state index is -1.85. The molecule has 1 aromatic carbocycles. The smallest absolute Gasteiger partial charge is 0.192 e. The van der Waals surface area contributed by atoms with Crippen molar-refractivity contribution in [2.45, 2.75) is 104 Å². The van der Waals surface area contributed by atoms with Crippen LogP contribution in [-0.4, -0.2) is 22.4 Å². The van der Waals surface area contributed by atoms with Crippen molar-refractivity contribution in [3.05, 3.63) is 34.4 Å². The second kappa shape index (κ2) is 7.82. The van der Waals surface area contributed by atoms with Crippen molar-refractivity contribution in [1.82, 2.24) is 0 Å². The van der Waals surface area contributed by atoms with Gasteiger partial charge < -0.3 is 8.85 Å². The minimum absolute atomic E-state index is 0.164. The lowest BCUT2D eigenvalue weighted by molar-refractivity contribution is 0.0992. The van der Waals surface area contributed by atoms with E-state index in [1.54, 1.807) is 0 Å². The zero-order valence-electron chi connectivity index (χ0n) is 19.7. The van der Waals surface area contributed by atoms with Crippen LogP contribution in [0.3, 0.4) is 0 Å². The fourth-order valence-corrected chi connectivity index (χ4v) is 4.84. The van der Waals surface area contributed by atoms with Gasteiger partial charge in [0.25, 0.3) is 0 Å². The lowest BCUT2D eigenvalue weighted by atomic mass is 9.98. The first-order valence-corrected chi connectivity index (χ1v) is 16.3. The molecule has 0 saturated heterocycles. The summed E-state index contributed by atoms with van der Waals surface area (Å²) in [5.74, 6) is 0.262. The predicted octanol–water partition coefficient (Wildman–Crippen LogP) is 6.86. The summed E-state index contributed by atoms with van der Waals surface area (Å²) in [6.45, 7) is 23.7. The quantitative estimate of drug-likeness (QED) is 0.472. The van der Waals surface area contributed by atoms with Gasteiger partial charge in [0.2, 0.25) is 0 Å². The van der Waals surface area contributed by atoms with Crippen LogP contribution in [-0.2, 0) is 28.5 Å². The van der Waals surface area contributed by atoms with Gasteiger partial charge in [0.05, 0.1) is 13.2 Å². The molecule has 0 radical (unpaired) electrons. The summed E-state index contributed by atoms with van der Waals surface area (Å²) in [7, 11) is -3.66. The zero-order chi connectivity index (χ0) is 21.5. The molecule has 158 valence electrons. The van der Waals surface area contributed by atoms with Gasteiger partial charge in [-0.2, -0.15) is 0 Å². The van der Waals surface area contributed by atoms with Crippen LogP contribution in [0.25, 0.3) is 0 Å². The summed E-state index contributed by atoms with van der Waals surface area (Å²) < 4.78 is 12.9. The van der Waals surface area contributed by atoms with Crippen molar-refractivity contribution in [1.29, 1.82) is 0 Å². The molecule has 0 saturated carbocycles. The van der Waals surface area contributed by atoms with Crippen LogP contribution < -0.4 is 0 Å². The number of ketones is 1. The lowest BCUT2D eigenvalue weighted by Crippen LogP contribution is -2.40. The SMILES string of the molecule is CC(C)(C)[Si](C)(C)OCc1ccc(CO[Si](C)(C)C(C)(C)C)c2c1CCC2=O. The van der Waals surface area contributed by atoms with E-state index >= 15 is 0 Å². The Labute approximate surface area is 174 Å². The average molecular weight is 421 g/mol. The molecule has 3 nitrogen and oxygen atoms in total. The molecule has 1 aliphatic carbocycles. The van der Waals surface area contributed by atoms with Crippen LogP contribution in [0.2, 0.25) is 36.3 Å². The Morgan fingerprint density at radius 2 is 1.21 bits per heavy atom. The molecule has 28 heavy (non-hydrogen) atoms. The third-order valence-electron chi connectivity index (χ3n) is 7.17. The van der Waals surface area contributed by atoms with E-state index < -0.39 is 16.6 Å². The van der Waals surface area contributed by atoms with Gasteiger partial charge >= 0.3 is 0 Å². The number of carbonyl (C=O) groups excluding carboxylic acids is 1. The molecule has 1 aliphatic rings. The normalized spacial score (nSPS) is 15.9. The van der Waals surface area contributed by atoms with E-state index in [9.17, 15) is 4.79 Å². The van der Waals surface area contributed by atoms with Gasteiger partial charge in [-0.25, -0.2) is 0 Å². The predicted molar refractivity (Wildman–Crippen MR) is 123 cm³/mol. The van der Waals surface area contributed by atoms with Gasteiger partial charge in [0.1, 0.15) is 0 Å². The Morgan fingerprint density at radius 3 is 1.68 bits per heavy atom. The molecule has 2 rings (SSSR count). The minimum Gasteiger partial charge on any atom is -0.413 e. The van der Waals surface area contributed by atoms with Crippen LogP contribution in [0, 0.1) is 0 Å². The molecule has 5 heteroatoms. The van der Waals surface area contributed by atoms with Gasteiger partial charge in [-0.3, -0.25) is 4.79 Å². The Kier molecular flexibility index (Phi) is 6.57. The van der Waals surface area contributed by atoms with Crippen LogP contribution in [0.4, 0.5) is 0 Å². The van der Waals surface area contributed by atoms with Crippen molar-refractivity contribution >= 4 is 22.4 Å². The average Bonchev–Trinajstić information content (AvgIpc) is 2.92. The standard InChI is InChI=1S/C23H40O3Si2/c1-22(2,3)27(7,8)25-15-17-11-12-18(21-19(17)13-14-20(21)24)16-26-28(9,10)23(4,5)6/h11-12H,13-16H2,1-10H3. The molecule has 0 aliphatic heterocycles. The molecule has 0 spiro atoms. The number of rotatable bonds is 6. The number of Topliss-reactive ketones (excluding diaryl/α,β-unsaturated/α-hetero) is 1. The van der Waals surface area contributed by atoms with Crippen molar-refractivity contribution in [3.8, 4) is 0 Å². The van der Waals surface area contributed by atoms with E-state index in [0.717, 1.165) is 17.5 Å². The van der Waals surface area contributed by atoms with Gasteiger partial charge in [-0.15, -0.1) is 0 Å². The van der Waals surface area contributed by atoms with Crippen LogP contribution >= 0.6 is 0 Å². The first kappa shape index (κ1) is 23.5. The summed E-state index contributed by atoms with van der Waals surface area (Å²) in [4.78, 5) is 12.6. The van der Waals surface area contributed by atoms with Gasteiger partial charge in [-0.05, 0) is 59.4 Å². The fourth-order valence-electron chi connectivity index (χ4n) is 2.94. The Hall–Kier alpha value is -0.756. The van der Waals surface area contributed by atoms with Crippen LogP contribution in [0.15, 0.2) is 12.1 Å². The maximum Gasteiger partial charge on any atom is 0.192 e. The highest BCUT2D eigenvalue weighted by Crippen LogP contribution is 2.39. The first-order valence-electron chi connectivity index (χ1n) is 10.5. The monoisotopic (exact) mass is 420 g/mol. The Bertz CT molecular complexity index is 737. The van der Waals surface area contributed by atoms with Crippen LogP contribution in [0.5, 0.6) is 0 Å². The van der Waals surface area contributed by atoms with E-state index in [-0.39, 0.29) is 15.9 Å². The van der Waals surface area contributed by atoms with Crippen LogP contribution in [0.1, 0.15) is 75.0 Å². The molecular formula is C23H40O3Si2. The zero-order valence-corrected chi connectivity index (χ0v) is 21.7. The molecule has 0 fully saturated rings. The van der Waals surface area contributed by atoms with E-state index in [2.05, 4.69) is 79.9 Å². The highest BCUT2D eigenvalue weighted by Gasteiger charge is 2.39. The summed E-state index contributed by atoms with van der Waals surface area (Å²) in [6, 6.07) is 4.26. The van der Waals surface area contributed by atoms with Gasteiger partial charge in [0.15, 0.2) is 22.4 Å². The van der Waals surface area contributed by atoms with Crippen molar-refractivity contribution in [2.24, 2.45) is 0 Å². The van der Waals surface area contributed by atoms with E-state index in [1.165, 1.54) is 11.1 Å². The van der Waals surface area contributed by atoms with E-state index in [0.29, 0.717) is 19.6 Å². The molecule has 0 atom stereocenters. The molecular weight excluding hydrogens is 380 g/mol. The number of hydrogen-bond acceptors (Lipinski definition) is 3. The van der Waals surface area contributed by atoms with Crippen molar-refractivity contribution in [2.75, 3.05) is 0 Å². The largest absolute Gasteiger partial charge is 0.413 e. The third-order valence-corrected chi connectivity index (χ3v) is 16.1. The van der Waals surface area contributed by atoms with Gasteiger partial charge in [-0.1, -0.05) is 53.7 Å². The topological polar surface area (TPSA) is 35.5 Å². The lowest BCUT2D eigenvalue weighted by Gasteiger charge is -2.36. The van der Waals surface area contributed by atoms with Crippen molar-refractivity contribution in [3.63, 3.8) is 0 Å². The number of carbonyl (C=O) groups is 1. The molecule has 0 unspecified atom stereocenters. The molecule has 0 aromatic heterocycles. The Morgan fingerprint density at radius 1 is 0.786 bits per heavy atom. The number of benzene rings is 1. The summed E-state index contributed by atoms with van der Waals surface area (Å²) >= 11 is 0. The summed E-state index contributed by atoms with van der Waals surface area (Å²) in [5.41, 5.74) is 4.34. The fraction of sp³-hybridized carbons (Fsp3) is 0.696. The Balaban J connectivity index is 2.24. The highest BCUT2D eigenvalue weighted by atomic mass is 28.4. The third kappa shape index (κ3) is 4.86. The molecule has 0 N–H and O–H groups in total. The summed E-state index contributed by atoms with van der Waals surface area (Å²) in [5, 5.41) is 0.347. The number of fused-ring (bicyclic) bond motifs is 1. The molecule has 1 aromatic rings. The van der Waals surface area contributed by atoms with E-state index in [1.807, 2.05) is 0 Å². The number of hydrogen-bond donors (Lipinski definition) is 0. The second-order valence-corrected chi connectivity index (χ2v) is 20.9. The van der Waals surface area contributed by atoms with Crippen molar-refractivity contribution < 1.29 is 13.6 Å². The molecule has 0 heterocycles. The molecule has 0 amide bonds. The maximum atomic E-state index is 12.6. The van der Waals surface area contributed by atoms with Gasteiger partial charge in [0, 0.05) is 12.0 Å². The first-order chi connectivity index (χ1) is 12.6. The maximum absolute atomic E-state index is 12.6.